The number of anilines is 1. The fourth-order valence-electron chi connectivity index (χ4n) is 4.79. The van der Waals surface area contributed by atoms with Gasteiger partial charge < -0.3 is 19.9 Å². The van der Waals surface area contributed by atoms with E-state index in [1.165, 1.54) is 12.1 Å². The molecule has 38 heavy (non-hydrogen) atoms. The van der Waals surface area contributed by atoms with Crippen molar-refractivity contribution < 1.29 is 23.8 Å². The van der Waals surface area contributed by atoms with Gasteiger partial charge in [-0.15, -0.1) is 0 Å². The number of benzene rings is 2. The van der Waals surface area contributed by atoms with Crippen molar-refractivity contribution in [1.29, 1.82) is 0 Å². The predicted molar refractivity (Wildman–Crippen MR) is 148 cm³/mol. The van der Waals surface area contributed by atoms with Gasteiger partial charge in [0.25, 0.3) is 0 Å². The Morgan fingerprint density at radius 1 is 1.16 bits per heavy atom. The zero-order valence-corrected chi connectivity index (χ0v) is 22.9. The monoisotopic (exact) mass is 520 g/mol. The number of carbonyl (C=O) groups excluding carboxylic acids is 1. The van der Waals surface area contributed by atoms with Gasteiger partial charge in [0.15, 0.2) is 17.3 Å². The lowest BCUT2D eigenvalue weighted by Gasteiger charge is -2.27. The van der Waals surface area contributed by atoms with Gasteiger partial charge in [0.2, 0.25) is 0 Å². The number of aliphatic hydroxyl groups is 1. The molecule has 3 aromatic rings. The Balaban J connectivity index is 1.62. The number of fused-ring (bicyclic) bond motifs is 1. The maximum absolute atomic E-state index is 13.6. The molecule has 1 aliphatic heterocycles. The Kier molecular flexibility index (Phi) is 8.07. The molecule has 0 saturated carbocycles. The molecule has 1 aromatic heterocycles. The van der Waals surface area contributed by atoms with Crippen LogP contribution in [-0.4, -0.2) is 36.1 Å². The minimum Gasteiger partial charge on any atom is -0.493 e. The molecular formula is C31H37FN2O4. The first-order valence-electron chi connectivity index (χ1n) is 13.2. The lowest BCUT2D eigenvalue weighted by molar-refractivity contribution is 0.0397. The number of nitrogens with zero attached hydrogens (tertiary/aromatic N) is 1. The molecule has 0 aliphatic carbocycles. The van der Waals surface area contributed by atoms with Gasteiger partial charge in [-0.05, 0) is 80.3 Å². The van der Waals surface area contributed by atoms with Gasteiger partial charge in [-0.2, -0.15) is 0 Å². The highest BCUT2D eigenvalue weighted by molar-refractivity contribution is 5.96. The first-order valence-corrected chi connectivity index (χ1v) is 13.2. The van der Waals surface area contributed by atoms with Crippen LogP contribution in [0.5, 0.6) is 11.5 Å². The summed E-state index contributed by atoms with van der Waals surface area (Å²) in [6, 6.07) is 13.3. The second kappa shape index (κ2) is 11.1. The van der Waals surface area contributed by atoms with E-state index < -0.39 is 5.60 Å². The summed E-state index contributed by atoms with van der Waals surface area (Å²) in [6.45, 7) is 9.35. The highest BCUT2D eigenvalue weighted by Crippen LogP contribution is 2.45. The topological polar surface area (TPSA) is 80.7 Å². The fourth-order valence-corrected chi connectivity index (χ4v) is 4.79. The van der Waals surface area contributed by atoms with Crippen molar-refractivity contribution in [2.75, 3.05) is 25.6 Å². The van der Waals surface area contributed by atoms with Gasteiger partial charge in [0.05, 0.1) is 30.8 Å². The van der Waals surface area contributed by atoms with Crippen molar-refractivity contribution in [3.8, 4) is 22.8 Å². The third-order valence-corrected chi connectivity index (χ3v) is 7.56. The number of pyridine rings is 1. The van der Waals surface area contributed by atoms with Crippen molar-refractivity contribution in [1.82, 2.24) is 4.98 Å². The predicted octanol–water partition coefficient (Wildman–Crippen LogP) is 6.65. The maximum atomic E-state index is 13.6. The molecule has 2 atom stereocenters. The van der Waals surface area contributed by atoms with E-state index in [0.717, 1.165) is 36.2 Å². The molecule has 6 nitrogen and oxygen atoms in total. The molecule has 2 aromatic carbocycles. The largest absolute Gasteiger partial charge is 0.493 e. The molecular weight excluding hydrogens is 483 g/mol. The molecule has 7 heteroatoms. The molecule has 0 bridgehead atoms. The Morgan fingerprint density at radius 2 is 1.89 bits per heavy atom. The van der Waals surface area contributed by atoms with Crippen LogP contribution in [0.25, 0.3) is 11.3 Å². The van der Waals surface area contributed by atoms with Gasteiger partial charge in [-0.1, -0.05) is 20.8 Å². The minimum absolute atomic E-state index is 0.106. The van der Waals surface area contributed by atoms with Crippen LogP contribution in [0, 0.1) is 5.82 Å². The summed E-state index contributed by atoms with van der Waals surface area (Å²) in [5.41, 5.74) is 2.93. The second-order valence-corrected chi connectivity index (χ2v) is 10.5. The lowest BCUT2D eigenvalue weighted by atomic mass is 9.80. The van der Waals surface area contributed by atoms with E-state index in [2.05, 4.69) is 19.2 Å². The molecule has 2 N–H and O–H groups in total. The van der Waals surface area contributed by atoms with Crippen molar-refractivity contribution in [3.05, 3.63) is 71.2 Å². The minimum atomic E-state index is -1.36. The van der Waals surface area contributed by atoms with Gasteiger partial charge in [0, 0.05) is 29.5 Å². The van der Waals surface area contributed by atoms with Gasteiger partial charge in [-0.25, -0.2) is 9.37 Å². The zero-order valence-electron chi connectivity index (χ0n) is 22.9. The number of rotatable bonds is 11. The Bertz CT molecular complexity index is 1310. The Hall–Kier alpha value is -3.45. The number of ketones is 1. The normalized spacial score (nSPS) is 17.9. The van der Waals surface area contributed by atoms with E-state index >= 15 is 0 Å². The standard InChI is InChI=1S/C31H37FN2O4/c1-6-16-38-25-13-10-21(17-26(25)37-5)24(35)14-15-31(4,36)27-18-23-29(33-19-30(23,3)7-2)28(34-27)20-8-11-22(32)12-9-20/h8-13,17-18,33,36H,6-7,14-16,19H2,1-5H3/t30-,31-/m0/s1. The molecule has 0 saturated heterocycles. The molecule has 4 rings (SSSR count). The van der Waals surface area contributed by atoms with Gasteiger partial charge >= 0.3 is 0 Å². The van der Waals surface area contributed by atoms with Crippen LogP contribution < -0.4 is 14.8 Å². The van der Waals surface area contributed by atoms with E-state index in [4.69, 9.17) is 14.5 Å². The van der Waals surface area contributed by atoms with Crippen LogP contribution in [0.4, 0.5) is 10.1 Å². The average molecular weight is 521 g/mol. The summed E-state index contributed by atoms with van der Waals surface area (Å²) in [5.74, 6) is 0.679. The van der Waals surface area contributed by atoms with E-state index in [1.54, 1.807) is 44.4 Å². The molecule has 202 valence electrons. The first kappa shape index (κ1) is 27.6. The number of carbonyl (C=O) groups is 1. The van der Waals surface area contributed by atoms with Crippen LogP contribution in [0.1, 0.15) is 75.0 Å². The number of Topliss-reactive ketones (excluding diaryl/α,β-unsaturated/α-hetero) is 1. The first-order chi connectivity index (χ1) is 18.1. The highest BCUT2D eigenvalue weighted by Gasteiger charge is 2.38. The number of methoxy groups -OCH3 is 1. The zero-order chi connectivity index (χ0) is 27.5. The third-order valence-electron chi connectivity index (χ3n) is 7.56. The SMILES string of the molecule is CCCOc1ccc(C(=O)CC[C@](C)(O)c2cc3c(c(-c4ccc(F)cc4)n2)NC[C@]3(C)CC)cc1OC. The van der Waals surface area contributed by atoms with E-state index in [1.807, 2.05) is 13.0 Å². The molecule has 0 amide bonds. The molecule has 1 aliphatic rings. The van der Waals surface area contributed by atoms with Crippen LogP contribution in [-0.2, 0) is 11.0 Å². The molecule has 2 heterocycles. The number of hydrogen-bond acceptors (Lipinski definition) is 6. The van der Waals surface area contributed by atoms with Crippen LogP contribution in [0.2, 0.25) is 0 Å². The summed E-state index contributed by atoms with van der Waals surface area (Å²) in [5, 5.41) is 15.1. The average Bonchev–Trinajstić information content (AvgIpc) is 3.27. The van der Waals surface area contributed by atoms with Crippen LogP contribution in [0.15, 0.2) is 48.5 Å². The van der Waals surface area contributed by atoms with Crippen LogP contribution in [0.3, 0.4) is 0 Å². The van der Waals surface area contributed by atoms with E-state index in [-0.39, 0.29) is 29.9 Å². The van der Waals surface area contributed by atoms with Gasteiger partial charge in [-0.3, -0.25) is 4.79 Å². The van der Waals surface area contributed by atoms with E-state index in [0.29, 0.717) is 35.1 Å². The lowest BCUT2D eigenvalue weighted by Crippen LogP contribution is -2.26. The number of hydrogen-bond donors (Lipinski definition) is 2. The molecule has 0 spiro atoms. The summed E-state index contributed by atoms with van der Waals surface area (Å²) >= 11 is 0. The smallest absolute Gasteiger partial charge is 0.163 e. The molecule has 0 radical (unpaired) electrons. The third kappa shape index (κ3) is 5.53. The second-order valence-electron chi connectivity index (χ2n) is 10.5. The number of ether oxygens (including phenoxy) is 2. The van der Waals surface area contributed by atoms with Crippen molar-refractivity contribution in [3.63, 3.8) is 0 Å². The number of halogens is 1. The Morgan fingerprint density at radius 3 is 2.55 bits per heavy atom. The summed E-state index contributed by atoms with van der Waals surface area (Å²) < 4.78 is 24.7. The quantitative estimate of drug-likeness (QED) is 0.276. The number of aromatic nitrogens is 1. The van der Waals surface area contributed by atoms with Gasteiger partial charge in [0.1, 0.15) is 11.4 Å². The summed E-state index contributed by atoms with van der Waals surface area (Å²) in [4.78, 5) is 18.0. The fraction of sp³-hybridized carbons (Fsp3) is 0.419. The van der Waals surface area contributed by atoms with E-state index in [9.17, 15) is 14.3 Å². The molecule has 0 fully saturated rings. The van der Waals surface area contributed by atoms with Crippen molar-refractivity contribution >= 4 is 11.5 Å². The van der Waals surface area contributed by atoms with Crippen molar-refractivity contribution in [2.45, 2.75) is 64.4 Å². The highest BCUT2D eigenvalue weighted by atomic mass is 19.1. The maximum Gasteiger partial charge on any atom is 0.163 e. The molecule has 0 unspecified atom stereocenters. The van der Waals surface area contributed by atoms with Crippen LogP contribution >= 0.6 is 0 Å². The number of nitrogens with one attached hydrogen (secondary N) is 1. The summed E-state index contributed by atoms with van der Waals surface area (Å²) in [7, 11) is 1.55. The van der Waals surface area contributed by atoms with Crippen molar-refractivity contribution in [2.24, 2.45) is 0 Å². The Labute approximate surface area is 224 Å². The summed E-state index contributed by atoms with van der Waals surface area (Å²) in [6.07, 6.45) is 2.08.